The number of halogens is 1. The molecule has 0 amide bonds. The van der Waals surface area contributed by atoms with Crippen LogP contribution in [-0.4, -0.2) is 18.3 Å². The van der Waals surface area contributed by atoms with Gasteiger partial charge in [0.05, 0.1) is 17.5 Å². The van der Waals surface area contributed by atoms with E-state index in [1.165, 1.54) is 6.08 Å². The Labute approximate surface area is 129 Å². The average molecular weight is 304 g/mol. The van der Waals surface area contributed by atoms with Crippen LogP contribution >= 0.6 is 0 Å². The van der Waals surface area contributed by atoms with Gasteiger partial charge in [-0.2, -0.15) is 0 Å². The van der Waals surface area contributed by atoms with Crippen LogP contribution in [0, 0.1) is 0 Å². The summed E-state index contributed by atoms with van der Waals surface area (Å²) in [7, 11) is -1.03. The van der Waals surface area contributed by atoms with Crippen molar-refractivity contribution < 1.29 is 22.5 Å². The summed E-state index contributed by atoms with van der Waals surface area (Å²) in [6.45, 7) is 7.51. The molecule has 1 saturated heterocycles. The molecular weight excluding hydrogens is 286 g/mol. The quantitative estimate of drug-likeness (QED) is 0.784. The Bertz CT molecular complexity index is 669. The van der Waals surface area contributed by atoms with E-state index in [1.54, 1.807) is 30.5 Å². The van der Waals surface area contributed by atoms with Crippen molar-refractivity contribution in [1.82, 2.24) is 0 Å². The molecule has 0 saturated carbocycles. The summed E-state index contributed by atoms with van der Waals surface area (Å²) < 4.78 is 36.4. The fourth-order valence-corrected chi connectivity index (χ4v) is 2.14. The van der Waals surface area contributed by atoms with Crippen molar-refractivity contribution >= 4 is 13.2 Å². The molecular formula is C16H18BFO4. The number of hydrogen-bond acceptors (Lipinski definition) is 4. The van der Waals surface area contributed by atoms with Crippen molar-refractivity contribution in [3.63, 3.8) is 0 Å². The first-order valence-electron chi connectivity index (χ1n) is 7.15. The van der Waals surface area contributed by atoms with Gasteiger partial charge in [0.2, 0.25) is 0 Å². The first-order chi connectivity index (χ1) is 10.3. The maximum Gasteiger partial charge on any atom is 0.525 e. The molecule has 116 valence electrons. The Morgan fingerprint density at radius 1 is 1.05 bits per heavy atom. The number of furan rings is 2. The lowest BCUT2D eigenvalue weighted by molar-refractivity contribution is 0.00578. The molecule has 3 rings (SSSR count). The molecule has 6 heteroatoms. The monoisotopic (exact) mass is 304 g/mol. The van der Waals surface area contributed by atoms with Gasteiger partial charge in [-0.05, 0) is 52.0 Å². The van der Waals surface area contributed by atoms with Crippen LogP contribution in [0.15, 0.2) is 45.1 Å². The summed E-state index contributed by atoms with van der Waals surface area (Å²) in [6, 6.07) is 6.93. The zero-order valence-corrected chi connectivity index (χ0v) is 13.1. The third kappa shape index (κ3) is 2.64. The van der Waals surface area contributed by atoms with Crippen LogP contribution in [0.25, 0.3) is 17.6 Å². The summed E-state index contributed by atoms with van der Waals surface area (Å²) in [5.74, 6) is 1.51. The summed E-state index contributed by atoms with van der Waals surface area (Å²) >= 11 is 0. The van der Waals surface area contributed by atoms with Gasteiger partial charge in [0, 0.05) is 6.08 Å². The smallest absolute Gasteiger partial charge is 0.461 e. The highest BCUT2D eigenvalue weighted by atomic mass is 19.1. The molecule has 4 nitrogen and oxygen atoms in total. The van der Waals surface area contributed by atoms with Crippen LogP contribution < -0.4 is 0 Å². The predicted molar refractivity (Wildman–Crippen MR) is 81.6 cm³/mol. The standard InChI is InChI=1S/C16H18BFO4/c1-15(2)16(3,4)22-17(21-15)14(18)10-11-7-8-13(20-11)12-6-5-9-19-12/h5-10H,1-4H3. The van der Waals surface area contributed by atoms with Crippen LogP contribution in [0.3, 0.4) is 0 Å². The second kappa shape index (κ2) is 5.14. The largest absolute Gasteiger partial charge is 0.525 e. The highest BCUT2D eigenvalue weighted by molar-refractivity contribution is 6.54. The van der Waals surface area contributed by atoms with Crippen molar-refractivity contribution in [2.75, 3.05) is 0 Å². The number of rotatable bonds is 3. The van der Waals surface area contributed by atoms with Crippen molar-refractivity contribution in [2.45, 2.75) is 38.9 Å². The van der Waals surface area contributed by atoms with E-state index in [2.05, 4.69) is 0 Å². The minimum absolute atomic E-state index is 0.374. The summed E-state index contributed by atoms with van der Waals surface area (Å²) in [5.41, 5.74) is -1.68. The zero-order valence-electron chi connectivity index (χ0n) is 13.1. The van der Waals surface area contributed by atoms with Crippen LogP contribution in [0.5, 0.6) is 0 Å². The lowest BCUT2D eigenvalue weighted by Crippen LogP contribution is -2.41. The molecule has 3 heterocycles. The van der Waals surface area contributed by atoms with Crippen molar-refractivity contribution in [2.24, 2.45) is 0 Å². The zero-order chi connectivity index (χ0) is 16.0. The predicted octanol–water partition coefficient (Wildman–Crippen LogP) is 4.48. The number of hydrogen-bond donors (Lipinski definition) is 0. The SMILES string of the molecule is CC1(C)OB(C(F)=Cc2ccc(-c3ccco3)o2)OC1(C)C. The Balaban J connectivity index is 1.79. The van der Waals surface area contributed by atoms with E-state index in [-0.39, 0.29) is 0 Å². The van der Waals surface area contributed by atoms with Crippen molar-refractivity contribution in [3.05, 3.63) is 42.0 Å². The molecule has 0 aliphatic carbocycles. The minimum Gasteiger partial charge on any atom is -0.461 e. The third-order valence-corrected chi connectivity index (χ3v) is 4.15. The van der Waals surface area contributed by atoms with Crippen LogP contribution in [-0.2, 0) is 9.31 Å². The van der Waals surface area contributed by atoms with E-state index in [0.29, 0.717) is 17.3 Å². The van der Waals surface area contributed by atoms with Crippen LogP contribution in [0.4, 0.5) is 4.39 Å². The van der Waals surface area contributed by atoms with E-state index in [4.69, 9.17) is 18.1 Å². The van der Waals surface area contributed by atoms with E-state index in [9.17, 15) is 4.39 Å². The molecule has 0 unspecified atom stereocenters. The molecule has 0 radical (unpaired) electrons. The minimum atomic E-state index is -1.03. The van der Waals surface area contributed by atoms with Gasteiger partial charge in [-0.3, -0.25) is 0 Å². The summed E-state index contributed by atoms with van der Waals surface area (Å²) in [6.07, 6.45) is 2.83. The Morgan fingerprint density at radius 3 is 2.32 bits per heavy atom. The summed E-state index contributed by atoms with van der Waals surface area (Å²) in [4.78, 5) is 0. The fraction of sp³-hybridized carbons (Fsp3) is 0.375. The van der Waals surface area contributed by atoms with Gasteiger partial charge in [-0.15, -0.1) is 0 Å². The molecule has 1 aliphatic heterocycles. The highest BCUT2D eigenvalue weighted by Gasteiger charge is 2.53. The van der Waals surface area contributed by atoms with Crippen molar-refractivity contribution in [3.8, 4) is 11.5 Å². The molecule has 0 aromatic carbocycles. The Morgan fingerprint density at radius 2 is 1.73 bits per heavy atom. The first kappa shape index (κ1) is 15.1. The maximum absolute atomic E-state index is 14.4. The van der Waals surface area contributed by atoms with E-state index >= 15 is 0 Å². The van der Waals surface area contributed by atoms with E-state index in [0.717, 1.165) is 0 Å². The Hall–Kier alpha value is -1.79. The van der Waals surface area contributed by atoms with Gasteiger partial charge in [0.25, 0.3) is 0 Å². The molecule has 0 bridgehead atoms. The molecule has 1 fully saturated rings. The second-order valence-electron chi connectivity index (χ2n) is 6.30. The lowest BCUT2D eigenvalue weighted by Gasteiger charge is -2.32. The normalized spacial score (nSPS) is 20.6. The van der Waals surface area contributed by atoms with E-state index in [1.807, 2.05) is 27.7 Å². The summed E-state index contributed by atoms with van der Waals surface area (Å²) in [5, 5.41) is 0. The second-order valence-corrected chi connectivity index (χ2v) is 6.30. The molecule has 0 N–H and O–H groups in total. The molecule has 2 aromatic heterocycles. The van der Waals surface area contributed by atoms with Crippen LogP contribution in [0.1, 0.15) is 33.5 Å². The lowest BCUT2D eigenvalue weighted by atomic mass is 9.87. The first-order valence-corrected chi connectivity index (χ1v) is 7.15. The Kier molecular flexibility index (Phi) is 3.53. The van der Waals surface area contributed by atoms with Gasteiger partial charge in [0.15, 0.2) is 11.5 Å². The maximum atomic E-state index is 14.4. The van der Waals surface area contributed by atoms with Gasteiger partial charge < -0.3 is 18.1 Å². The van der Waals surface area contributed by atoms with E-state index < -0.39 is 24.0 Å². The third-order valence-electron chi connectivity index (χ3n) is 4.15. The molecule has 22 heavy (non-hydrogen) atoms. The molecule has 0 atom stereocenters. The molecule has 0 spiro atoms. The van der Waals surface area contributed by atoms with Crippen LogP contribution in [0.2, 0.25) is 0 Å². The average Bonchev–Trinajstić information content (AvgIpc) is 3.09. The van der Waals surface area contributed by atoms with Gasteiger partial charge in [-0.25, -0.2) is 4.39 Å². The van der Waals surface area contributed by atoms with Gasteiger partial charge >= 0.3 is 7.12 Å². The molecule has 2 aromatic rings. The fourth-order valence-electron chi connectivity index (χ4n) is 2.14. The topological polar surface area (TPSA) is 44.7 Å². The highest BCUT2D eigenvalue weighted by Crippen LogP contribution is 2.39. The molecule has 1 aliphatic rings. The van der Waals surface area contributed by atoms with Gasteiger partial charge in [-0.1, -0.05) is 0 Å². The van der Waals surface area contributed by atoms with Crippen molar-refractivity contribution in [1.29, 1.82) is 0 Å². The van der Waals surface area contributed by atoms with Gasteiger partial charge in [0.1, 0.15) is 11.5 Å².